The van der Waals surface area contributed by atoms with Crippen LogP contribution in [0.4, 0.5) is 5.69 Å². The summed E-state index contributed by atoms with van der Waals surface area (Å²) in [5.74, 6) is -0.0573. The number of rotatable bonds is 5. The monoisotopic (exact) mass is 394 g/mol. The van der Waals surface area contributed by atoms with Crippen LogP contribution in [0, 0.1) is 0 Å². The molecule has 2 aromatic carbocycles. The highest BCUT2D eigenvalue weighted by Gasteiger charge is 2.45. The molecule has 0 saturated heterocycles. The minimum atomic E-state index is -3.98. The maximum atomic E-state index is 13.0. The van der Waals surface area contributed by atoms with Crippen molar-refractivity contribution in [3.63, 3.8) is 0 Å². The number of halogens is 1. The fourth-order valence-electron chi connectivity index (χ4n) is 3.17. The van der Waals surface area contributed by atoms with Gasteiger partial charge in [0.1, 0.15) is 10.6 Å². The van der Waals surface area contributed by atoms with Crippen LogP contribution in [-0.4, -0.2) is 21.4 Å². The zero-order valence-electron chi connectivity index (χ0n) is 14.2. The second-order valence-electron chi connectivity index (χ2n) is 6.31. The van der Waals surface area contributed by atoms with E-state index >= 15 is 0 Å². The number of hydrogen-bond acceptors (Lipinski definition) is 4. The Bertz CT molecular complexity index is 938. The van der Waals surface area contributed by atoms with Gasteiger partial charge in [-0.05, 0) is 48.7 Å². The summed E-state index contributed by atoms with van der Waals surface area (Å²) in [5, 5.41) is 8.65. The fourth-order valence-corrected chi connectivity index (χ4v) is 4.02. The van der Waals surface area contributed by atoms with E-state index in [2.05, 4.69) is 5.32 Å². The summed E-state index contributed by atoms with van der Waals surface area (Å²) < 4.78 is 28.5. The normalized spacial score (nSPS) is 15.8. The first-order chi connectivity index (χ1) is 12.3. The molecule has 138 valence electrons. The Morgan fingerprint density at radius 1 is 1.19 bits per heavy atom. The third kappa shape index (κ3) is 3.42. The molecule has 0 heterocycles. The van der Waals surface area contributed by atoms with Crippen molar-refractivity contribution in [2.24, 2.45) is 5.14 Å². The van der Waals surface area contributed by atoms with E-state index in [1.807, 2.05) is 12.1 Å². The van der Waals surface area contributed by atoms with E-state index in [0.717, 1.165) is 24.8 Å². The van der Waals surface area contributed by atoms with Crippen molar-refractivity contribution in [2.45, 2.75) is 29.6 Å². The van der Waals surface area contributed by atoms with Crippen LogP contribution in [0.1, 0.15) is 24.8 Å². The molecule has 0 radical (unpaired) electrons. The van der Waals surface area contributed by atoms with Gasteiger partial charge in [0.25, 0.3) is 0 Å². The van der Waals surface area contributed by atoms with Crippen molar-refractivity contribution in [3.05, 3.63) is 53.1 Å². The highest BCUT2D eigenvalue weighted by Crippen LogP contribution is 2.45. The van der Waals surface area contributed by atoms with E-state index in [1.54, 1.807) is 18.2 Å². The predicted molar refractivity (Wildman–Crippen MR) is 100.0 cm³/mol. The summed E-state index contributed by atoms with van der Waals surface area (Å²) in [6.07, 6.45) is 2.39. The first-order valence-electron chi connectivity index (χ1n) is 8.05. The quantitative estimate of drug-likeness (QED) is 0.814. The molecule has 1 aliphatic carbocycles. The maximum Gasteiger partial charge on any atom is 0.241 e. The van der Waals surface area contributed by atoms with E-state index in [4.69, 9.17) is 21.5 Å². The van der Waals surface area contributed by atoms with Crippen molar-refractivity contribution in [3.8, 4) is 5.75 Å². The first-order valence-corrected chi connectivity index (χ1v) is 9.97. The summed E-state index contributed by atoms with van der Waals surface area (Å²) in [7, 11) is -2.63. The molecule has 6 nitrogen and oxygen atoms in total. The molecule has 0 aliphatic heterocycles. The Balaban J connectivity index is 1.91. The van der Waals surface area contributed by atoms with Crippen LogP contribution in [0.25, 0.3) is 0 Å². The van der Waals surface area contributed by atoms with E-state index in [1.165, 1.54) is 19.2 Å². The molecule has 0 bridgehead atoms. The lowest BCUT2D eigenvalue weighted by molar-refractivity contribution is -0.124. The highest BCUT2D eigenvalue weighted by atomic mass is 35.5. The summed E-state index contributed by atoms with van der Waals surface area (Å²) in [6, 6.07) is 11.6. The van der Waals surface area contributed by atoms with Crippen molar-refractivity contribution < 1.29 is 17.9 Å². The second kappa shape index (κ2) is 6.90. The Morgan fingerprint density at radius 2 is 1.85 bits per heavy atom. The number of amides is 1. The lowest BCUT2D eigenvalue weighted by atomic mass is 9.64. The van der Waals surface area contributed by atoms with Gasteiger partial charge in [0.05, 0.1) is 12.5 Å². The Labute approximate surface area is 157 Å². The predicted octanol–water partition coefficient (Wildman–Crippen LogP) is 3.06. The molecule has 3 rings (SSSR count). The van der Waals surface area contributed by atoms with E-state index in [9.17, 15) is 13.2 Å². The van der Waals surface area contributed by atoms with Crippen molar-refractivity contribution in [1.82, 2.24) is 0 Å². The molecular formula is C18H19ClN2O4S. The van der Waals surface area contributed by atoms with Crippen LogP contribution in [0.3, 0.4) is 0 Å². The molecule has 1 amide bonds. The van der Waals surface area contributed by atoms with Crippen molar-refractivity contribution in [1.29, 1.82) is 0 Å². The van der Waals surface area contributed by atoms with Gasteiger partial charge in [0.15, 0.2) is 0 Å². The summed E-state index contributed by atoms with van der Waals surface area (Å²) in [5.41, 5.74) is 0.609. The number of carbonyl (C=O) groups excluding carboxylic acids is 1. The van der Waals surface area contributed by atoms with Crippen molar-refractivity contribution >= 4 is 33.2 Å². The summed E-state index contributed by atoms with van der Waals surface area (Å²) in [4.78, 5) is 12.8. The number of ether oxygens (including phenoxy) is 1. The molecule has 1 fully saturated rings. The van der Waals surface area contributed by atoms with Gasteiger partial charge < -0.3 is 10.1 Å². The fraction of sp³-hybridized carbons (Fsp3) is 0.278. The second-order valence-corrected chi connectivity index (χ2v) is 8.27. The van der Waals surface area contributed by atoms with Gasteiger partial charge in [-0.3, -0.25) is 4.79 Å². The van der Waals surface area contributed by atoms with Crippen LogP contribution >= 0.6 is 11.6 Å². The molecular weight excluding hydrogens is 376 g/mol. The Kier molecular flexibility index (Phi) is 4.96. The average Bonchev–Trinajstić information content (AvgIpc) is 2.54. The molecule has 0 atom stereocenters. The standard InChI is InChI=1S/C18H19ClN2O4S/c1-25-15-8-7-14(11-16(15)26(20,23)24)21-17(22)18(9-2-10-18)12-3-5-13(19)6-4-12/h3-8,11H,2,9-10H2,1H3,(H,21,22)(H2,20,23,24). The first kappa shape index (κ1) is 18.7. The number of anilines is 1. The number of hydrogen-bond donors (Lipinski definition) is 2. The molecule has 2 aromatic rings. The minimum absolute atomic E-state index is 0.126. The molecule has 0 unspecified atom stereocenters. The number of nitrogens with one attached hydrogen (secondary N) is 1. The molecule has 3 N–H and O–H groups in total. The van der Waals surface area contributed by atoms with E-state index in [-0.39, 0.29) is 16.6 Å². The number of sulfonamides is 1. The number of primary sulfonamides is 1. The van der Waals surface area contributed by atoms with Crippen LogP contribution < -0.4 is 15.2 Å². The van der Waals surface area contributed by atoms with Crippen LogP contribution in [0.5, 0.6) is 5.75 Å². The average molecular weight is 395 g/mol. The molecule has 26 heavy (non-hydrogen) atoms. The van der Waals surface area contributed by atoms with Gasteiger partial charge in [-0.15, -0.1) is 0 Å². The van der Waals surface area contributed by atoms with Crippen LogP contribution in [-0.2, 0) is 20.2 Å². The van der Waals surface area contributed by atoms with E-state index in [0.29, 0.717) is 10.7 Å². The van der Waals surface area contributed by atoms with Gasteiger partial charge in [-0.1, -0.05) is 30.2 Å². The van der Waals surface area contributed by atoms with Gasteiger partial charge in [0.2, 0.25) is 15.9 Å². The summed E-state index contributed by atoms with van der Waals surface area (Å²) in [6.45, 7) is 0. The van der Waals surface area contributed by atoms with Crippen LogP contribution in [0.2, 0.25) is 5.02 Å². The lowest BCUT2D eigenvalue weighted by Gasteiger charge is -2.40. The third-order valence-electron chi connectivity index (χ3n) is 4.77. The van der Waals surface area contributed by atoms with Crippen molar-refractivity contribution in [2.75, 3.05) is 12.4 Å². The third-order valence-corrected chi connectivity index (χ3v) is 5.95. The Morgan fingerprint density at radius 3 is 2.35 bits per heavy atom. The highest BCUT2D eigenvalue weighted by molar-refractivity contribution is 7.89. The number of nitrogens with two attached hydrogens (primary N) is 1. The molecule has 0 aromatic heterocycles. The zero-order valence-corrected chi connectivity index (χ0v) is 15.7. The summed E-state index contributed by atoms with van der Waals surface area (Å²) >= 11 is 5.94. The van der Waals surface area contributed by atoms with E-state index < -0.39 is 15.4 Å². The molecule has 8 heteroatoms. The Hall–Kier alpha value is -2.09. The van der Waals surface area contributed by atoms with Gasteiger partial charge >= 0.3 is 0 Å². The minimum Gasteiger partial charge on any atom is -0.495 e. The smallest absolute Gasteiger partial charge is 0.241 e. The molecule has 1 aliphatic rings. The topological polar surface area (TPSA) is 98.5 Å². The SMILES string of the molecule is COc1ccc(NC(=O)C2(c3ccc(Cl)cc3)CCC2)cc1S(N)(=O)=O. The van der Waals surface area contributed by atoms with Crippen LogP contribution in [0.15, 0.2) is 47.4 Å². The number of methoxy groups -OCH3 is 1. The number of benzene rings is 2. The van der Waals surface area contributed by atoms with Gasteiger partial charge in [0, 0.05) is 10.7 Å². The molecule has 1 saturated carbocycles. The zero-order chi connectivity index (χ0) is 18.9. The maximum absolute atomic E-state index is 13.0. The lowest BCUT2D eigenvalue weighted by Crippen LogP contribution is -2.46. The van der Waals surface area contributed by atoms with Gasteiger partial charge in [-0.2, -0.15) is 0 Å². The molecule has 0 spiro atoms. The van der Waals surface area contributed by atoms with Gasteiger partial charge in [-0.25, -0.2) is 13.6 Å². The number of carbonyl (C=O) groups is 1. The largest absolute Gasteiger partial charge is 0.495 e.